The standard InChI is InChI=1S/C25H31N5O/c1-6-19-13-21(20-9-11-30(12-10-20)17(2)18(3)31)7-8-23(19)29(5)25-14-24-22(15-26-25)27-16-28(24)4/h7-9,13-16,18,31H,2,6,10-12H2,1,3-5H3. The molecule has 0 saturated carbocycles. The monoisotopic (exact) mass is 417 g/mol. The van der Waals surface area contributed by atoms with E-state index in [1.54, 1.807) is 6.92 Å². The van der Waals surface area contributed by atoms with Gasteiger partial charge in [-0.3, -0.25) is 0 Å². The number of aryl methyl sites for hydroxylation is 2. The molecule has 0 spiro atoms. The number of aliphatic hydroxyl groups excluding tert-OH is 1. The van der Waals surface area contributed by atoms with E-state index in [1.165, 1.54) is 22.4 Å². The van der Waals surface area contributed by atoms with Crippen molar-refractivity contribution in [2.24, 2.45) is 7.05 Å². The second-order valence-corrected chi connectivity index (χ2v) is 8.24. The highest BCUT2D eigenvalue weighted by molar-refractivity contribution is 5.79. The lowest BCUT2D eigenvalue weighted by atomic mass is 9.95. The average molecular weight is 418 g/mol. The summed E-state index contributed by atoms with van der Waals surface area (Å²) in [4.78, 5) is 13.3. The summed E-state index contributed by atoms with van der Waals surface area (Å²) in [6.07, 6.45) is 7.30. The molecule has 1 aliphatic heterocycles. The van der Waals surface area contributed by atoms with E-state index in [0.717, 1.165) is 48.5 Å². The highest BCUT2D eigenvalue weighted by Crippen LogP contribution is 2.32. The number of pyridine rings is 1. The number of hydrogen-bond donors (Lipinski definition) is 1. The zero-order valence-electron chi connectivity index (χ0n) is 18.8. The minimum Gasteiger partial charge on any atom is -0.387 e. The summed E-state index contributed by atoms with van der Waals surface area (Å²) in [7, 11) is 4.07. The molecule has 1 atom stereocenters. The highest BCUT2D eigenvalue weighted by atomic mass is 16.3. The van der Waals surface area contributed by atoms with E-state index in [9.17, 15) is 5.11 Å². The van der Waals surface area contributed by atoms with Gasteiger partial charge in [-0.2, -0.15) is 0 Å². The second-order valence-electron chi connectivity index (χ2n) is 8.24. The molecule has 1 aromatic carbocycles. The molecular formula is C25H31N5O. The van der Waals surface area contributed by atoms with Gasteiger partial charge in [0, 0.05) is 44.6 Å². The van der Waals surface area contributed by atoms with Crippen LogP contribution in [0.5, 0.6) is 0 Å². The maximum Gasteiger partial charge on any atom is 0.134 e. The van der Waals surface area contributed by atoms with E-state index in [1.807, 2.05) is 24.1 Å². The van der Waals surface area contributed by atoms with Gasteiger partial charge in [0.2, 0.25) is 0 Å². The van der Waals surface area contributed by atoms with Gasteiger partial charge in [0.1, 0.15) is 11.3 Å². The maximum absolute atomic E-state index is 9.79. The SMILES string of the molecule is C=C(C(C)O)N1CC=C(c2ccc(N(C)c3cc4c(cn3)ncn4C)c(CC)c2)CC1. The van der Waals surface area contributed by atoms with Gasteiger partial charge < -0.3 is 19.5 Å². The molecule has 31 heavy (non-hydrogen) atoms. The first-order valence-corrected chi connectivity index (χ1v) is 10.8. The van der Waals surface area contributed by atoms with Gasteiger partial charge in [-0.25, -0.2) is 9.97 Å². The van der Waals surface area contributed by atoms with Crippen molar-refractivity contribution in [1.29, 1.82) is 0 Å². The number of aromatic nitrogens is 3. The smallest absolute Gasteiger partial charge is 0.134 e. The number of benzene rings is 1. The van der Waals surface area contributed by atoms with Crippen LogP contribution in [-0.4, -0.2) is 50.8 Å². The summed E-state index contributed by atoms with van der Waals surface area (Å²) >= 11 is 0. The number of aliphatic hydroxyl groups is 1. The molecule has 162 valence electrons. The van der Waals surface area contributed by atoms with E-state index in [0.29, 0.717) is 0 Å². The molecule has 1 unspecified atom stereocenters. The zero-order valence-corrected chi connectivity index (χ0v) is 18.8. The largest absolute Gasteiger partial charge is 0.387 e. The van der Waals surface area contributed by atoms with Gasteiger partial charge in [-0.15, -0.1) is 0 Å². The molecule has 0 fully saturated rings. The number of rotatable bonds is 6. The number of nitrogens with zero attached hydrogens (tertiary/aromatic N) is 5. The summed E-state index contributed by atoms with van der Waals surface area (Å²) in [6, 6.07) is 8.80. The van der Waals surface area contributed by atoms with Crippen molar-refractivity contribution in [2.75, 3.05) is 25.0 Å². The van der Waals surface area contributed by atoms with Crippen LogP contribution in [0, 0.1) is 0 Å². The predicted octanol–water partition coefficient (Wildman–Crippen LogP) is 4.28. The maximum atomic E-state index is 9.79. The first-order chi connectivity index (χ1) is 14.9. The van der Waals surface area contributed by atoms with Crippen LogP contribution in [0.25, 0.3) is 16.6 Å². The molecule has 1 N–H and O–H groups in total. The van der Waals surface area contributed by atoms with Crippen molar-refractivity contribution in [3.8, 4) is 0 Å². The van der Waals surface area contributed by atoms with Gasteiger partial charge in [0.15, 0.2) is 0 Å². The number of fused-ring (bicyclic) bond motifs is 1. The first kappa shape index (κ1) is 21.1. The topological polar surface area (TPSA) is 57.4 Å². The third kappa shape index (κ3) is 4.08. The minimum atomic E-state index is -0.504. The average Bonchev–Trinajstić information content (AvgIpc) is 3.17. The first-order valence-electron chi connectivity index (χ1n) is 10.8. The van der Waals surface area contributed by atoms with Gasteiger partial charge in [0.25, 0.3) is 0 Å². The van der Waals surface area contributed by atoms with Crippen LogP contribution >= 0.6 is 0 Å². The Labute approximate surface area is 184 Å². The molecule has 3 aromatic rings. The lowest BCUT2D eigenvalue weighted by Gasteiger charge is -2.31. The fourth-order valence-corrected chi connectivity index (χ4v) is 4.18. The van der Waals surface area contributed by atoms with Gasteiger partial charge >= 0.3 is 0 Å². The van der Waals surface area contributed by atoms with Crippen LogP contribution in [0.15, 0.2) is 55.1 Å². The van der Waals surface area contributed by atoms with Crippen LogP contribution < -0.4 is 4.90 Å². The molecule has 0 aliphatic carbocycles. The fourth-order valence-electron chi connectivity index (χ4n) is 4.18. The molecule has 3 heterocycles. The molecule has 4 rings (SSSR count). The van der Waals surface area contributed by atoms with Crippen molar-refractivity contribution in [1.82, 2.24) is 19.4 Å². The third-order valence-corrected chi connectivity index (χ3v) is 6.23. The second kappa shape index (κ2) is 8.55. The summed E-state index contributed by atoms with van der Waals surface area (Å²) < 4.78 is 2.02. The van der Waals surface area contributed by atoms with Gasteiger partial charge in [-0.05, 0) is 48.6 Å². The van der Waals surface area contributed by atoms with Crippen molar-refractivity contribution in [3.05, 3.63) is 66.3 Å². The fraction of sp³-hybridized carbons (Fsp3) is 0.360. The van der Waals surface area contributed by atoms with Crippen LogP contribution in [-0.2, 0) is 13.5 Å². The summed E-state index contributed by atoms with van der Waals surface area (Å²) in [6.45, 7) is 9.65. The Morgan fingerprint density at radius 2 is 2.10 bits per heavy atom. The molecule has 0 saturated heterocycles. The molecule has 1 aliphatic rings. The summed E-state index contributed by atoms with van der Waals surface area (Å²) in [5, 5.41) is 9.79. The lowest BCUT2D eigenvalue weighted by Crippen LogP contribution is -2.31. The summed E-state index contributed by atoms with van der Waals surface area (Å²) in [5.74, 6) is 0.905. The number of hydrogen-bond acceptors (Lipinski definition) is 5. The molecule has 2 aromatic heterocycles. The Hall–Kier alpha value is -3.12. The van der Waals surface area contributed by atoms with Crippen molar-refractivity contribution in [3.63, 3.8) is 0 Å². The molecule has 6 heteroatoms. The van der Waals surface area contributed by atoms with Crippen molar-refractivity contribution >= 4 is 28.1 Å². The summed E-state index contributed by atoms with van der Waals surface area (Å²) in [5.41, 5.74) is 7.85. The molecule has 0 amide bonds. The zero-order chi connectivity index (χ0) is 22.1. The molecule has 0 bridgehead atoms. The Morgan fingerprint density at radius 1 is 1.29 bits per heavy atom. The van der Waals surface area contributed by atoms with Crippen molar-refractivity contribution < 1.29 is 5.11 Å². The predicted molar refractivity (Wildman–Crippen MR) is 127 cm³/mol. The normalized spacial score (nSPS) is 15.1. The molecular weight excluding hydrogens is 386 g/mol. The van der Waals surface area contributed by atoms with E-state index in [2.05, 4.69) is 70.7 Å². The lowest BCUT2D eigenvalue weighted by molar-refractivity contribution is 0.183. The van der Waals surface area contributed by atoms with Crippen molar-refractivity contribution in [2.45, 2.75) is 32.8 Å². The van der Waals surface area contributed by atoms with E-state index >= 15 is 0 Å². The Morgan fingerprint density at radius 3 is 2.77 bits per heavy atom. The number of anilines is 2. The van der Waals surface area contributed by atoms with Crippen LogP contribution in [0.4, 0.5) is 11.5 Å². The van der Waals surface area contributed by atoms with Crippen LogP contribution in [0.2, 0.25) is 0 Å². The van der Waals surface area contributed by atoms with Gasteiger partial charge in [-0.1, -0.05) is 25.6 Å². The van der Waals surface area contributed by atoms with Gasteiger partial charge in [0.05, 0.1) is 24.1 Å². The Kier molecular flexibility index (Phi) is 5.83. The number of imidazole rings is 1. The molecule has 0 radical (unpaired) electrons. The van der Waals surface area contributed by atoms with E-state index < -0.39 is 6.10 Å². The Balaban J connectivity index is 1.59. The van der Waals surface area contributed by atoms with Crippen LogP contribution in [0.1, 0.15) is 31.4 Å². The molecule has 6 nitrogen and oxygen atoms in total. The van der Waals surface area contributed by atoms with Crippen LogP contribution in [0.3, 0.4) is 0 Å². The third-order valence-electron chi connectivity index (χ3n) is 6.23. The minimum absolute atomic E-state index is 0.504. The Bertz CT molecular complexity index is 1140. The quantitative estimate of drug-likeness (QED) is 0.649. The highest BCUT2D eigenvalue weighted by Gasteiger charge is 2.18. The van der Waals surface area contributed by atoms with E-state index in [-0.39, 0.29) is 0 Å². The van der Waals surface area contributed by atoms with E-state index in [4.69, 9.17) is 0 Å².